The van der Waals surface area contributed by atoms with Gasteiger partial charge in [-0.2, -0.15) is 0 Å². The number of carbonyl (C=O) groups excluding carboxylic acids is 1. The van der Waals surface area contributed by atoms with Gasteiger partial charge < -0.3 is 9.80 Å². The molecule has 0 aromatic heterocycles. The molecule has 1 aromatic rings. The predicted molar refractivity (Wildman–Crippen MR) is 86.3 cm³/mol. The van der Waals surface area contributed by atoms with Gasteiger partial charge in [0.1, 0.15) is 0 Å². The van der Waals surface area contributed by atoms with E-state index in [4.69, 9.17) is 0 Å². The lowest BCUT2D eigenvalue weighted by atomic mass is 10.1. The molecular weight excluding hydrogens is 262 g/mol. The zero-order valence-electron chi connectivity index (χ0n) is 13.5. The van der Waals surface area contributed by atoms with Crippen molar-refractivity contribution in [3.8, 4) is 0 Å². The van der Waals surface area contributed by atoms with Crippen molar-refractivity contribution in [2.45, 2.75) is 27.3 Å². The number of carbonyl (C=O) groups is 1. The Bertz CT molecular complexity index is 463. The minimum absolute atomic E-state index is 0.190. The molecule has 0 atom stereocenters. The van der Waals surface area contributed by atoms with E-state index >= 15 is 0 Å². The van der Waals surface area contributed by atoms with Crippen LogP contribution in [0.1, 0.15) is 25.0 Å². The Kier molecular flexibility index (Phi) is 5.62. The second-order valence-electron chi connectivity index (χ2n) is 5.64. The van der Waals surface area contributed by atoms with Gasteiger partial charge in [-0.3, -0.25) is 4.90 Å². The first-order chi connectivity index (χ1) is 10.2. The molecule has 1 saturated heterocycles. The summed E-state index contributed by atoms with van der Waals surface area (Å²) in [6, 6.07) is 8.73. The van der Waals surface area contributed by atoms with Crippen molar-refractivity contribution in [3.05, 3.63) is 35.4 Å². The molecule has 116 valence electrons. The van der Waals surface area contributed by atoms with E-state index in [9.17, 15) is 4.79 Å². The van der Waals surface area contributed by atoms with Gasteiger partial charge in [-0.05, 0) is 31.9 Å². The van der Waals surface area contributed by atoms with Crippen LogP contribution in [0.15, 0.2) is 24.3 Å². The molecule has 2 amide bonds. The lowest BCUT2D eigenvalue weighted by molar-refractivity contribution is 0.112. The third-order valence-electron chi connectivity index (χ3n) is 4.33. The summed E-state index contributed by atoms with van der Waals surface area (Å²) in [5.41, 5.74) is 2.74. The van der Waals surface area contributed by atoms with Gasteiger partial charge in [0, 0.05) is 45.8 Å². The van der Waals surface area contributed by atoms with Gasteiger partial charge in [0.25, 0.3) is 0 Å². The van der Waals surface area contributed by atoms with Crippen molar-refractivity contribution in [1.29, 1.82) is 0 Å². The summed E-state index contributed by atoms with van der Waals surface area (Å²) >= 11 is 0. The summed E-state index contributed by atoms with van der Waals surface area (Å²) < 4.78 is 0. The third kappa shape index (κ3) is 3.97. The maximum atomic E-state index is 12.3. The van der Waals surface area contributed by atoms with Crippen molar-refractivity contribution in [3.63, 3.8) is 0 Å². The summed E-state index contributed by atoms with van der Waals surface area (Å²) in [4.78, 5) is 18.6. The SMILES string of the molecule is CCN(CC)C(=O)N1CCN(Cc2ccccc2C)CC1. The molecule has 0 radical (unpaired) electrons. The van der Waals surface area contributed by atoms with Crippen molar-refractivity contribution in [1.82, 2.24) is 14.7 Å². The van der Waals surface area contributed by atoms with E-state index in [0.29, 0.717) is 0 Å². The van der Waals surface area contributed by atoms with Crippen molar-refractivity contribution < 1.29 is 4.79 Å². The van der Waals surface area contributed by atoms with Gasteiger partial charge in [-0.1, -0.05) is 24.3 Å². The fraction of sp³-hybridized carbons (Fsp3) is 0.588. The molecule has 1 heterocycles. The first-order valence-corrected chi connectivity index (χ1v) is 7.96. The molecule has 1 fully saturated rings. The summed E-state index contributed by atoms with van der Waals surface area (Å²) in [6.45, 7) is 12.4. The van der Waals surface area contributed by atoms with Crippen LogP contribution >= 0.6 is 0 Å². The first kappa shape index (κ1) is 15.8. The normalized spacial score (nSPS) is 16.0. The minimum Gasteiger partial charge on any atom is -0.325 e. The summed E-state index contributed by atoms with van der Waals surface area (Å²) in [5, 5.41) is 0. The molecule has 0 bridgehead atoms. The van der Waals surface area contributed by atoms with Crippen molar-refractivity contribution >= 4 is 6.03 Å². The van der Waals surface area contributed by atoms with Crippen molar-refractivity contribution in [2.75, 3.05) is 39.3 Å². The van der Waals surface area contributed by atoms with Crippen LogP contribution in [0.2, 0.25) is 0 Å². The van der Waals surface area contributed by atoms with E-state index in [2.05, 4.69) is 36.1 Å². The highest BCUT2D eigenvalue weighted by Gasteiger charge is 2.23. The topological polar surface area (TPSA) is 26.8 Å². The van der Waals surface area contributed by atoms with Crippen LogP contribution in [0.25, 0.3) is 0 Å². The molecule has 2 rings (SSSR count). The Morgan fingerprint density at radius 1 is 1.10 bits per heavy atom. The monoisotopic (exact) mass is 289 g/mol. The van der Waals surface area contributed by atoms with Gasteiger partial charge in [-0.15, -0.1) is 0 Å². The predicted octanol–water partition coefficient (Wildman–Crippen LogP) is 2.57. The number of piperazine rings is 1. The van der Waals surface area contributed by atoms with Gasteiger partial charge in [-0.25, -0.2) is 4.79 Å². The Morgan fingerprint density at radius 2 is 1.71 bits per heavy atom. The number of urea groups is 1. The number of amides is 2. The first-order valence-electron chi connectivity index (χ1n) is 7.96. The van der Waals surface area contributed by atoms with Gasteiger partial charge in [0.2, 0.25) is 0 Å². The standard InChI is InChI=1S/C17H27N3O/c1-4-19(5-2)17(21)20-12-10-18(11-13-20)14-16-9-7-6-8-15(16)3/h6-9H,4-5,10-14H2,1-3H3. The molecule has 0 saturated carbocycles. The summed E-state index contributed by atoms with van der Waals surface area (Å²) in [6.07, 6.45) is 0. The Labute approximate surface area is 128 Å². The van der Waals surface area contributed by atoms with Crippen LogP contribution in [0, 0.1) is 6.92 Å². The van der Waals surface area contributed by atoms with Crippen molar-refractivity contribution in [2.24, 2.45) is 0 Å². The van der Waals surface area contributed by atoms with Crippen LogP contribution in [0.3, 0.4) is 0 Å². The second-order valence-corrected chi connectivity index (χ2v) is 5.64. The van der Waals surface area contributed by atoms with Crippen LogP contribution in [0.4, 0.5) is 4.79 Å². The molecule has 0 aliphatic carbocycles. The fourth-order valence-corrected chi connectivity index (χ4v) is 2.82. The quantitative estimate of drug-likeness (QED) is 0.852. The van der Waals surface area contributed by atoms with Crippen LogP contribution < -0.4 is 0 Å². The molecule has 21 heavy (non-hydrogen) atoms. The van der Waals surface area contributed by atoms with Crippen LogP contribution in [-0.4, -0.2) is 60.0 Å². The molecule has 1 aliphatic heterocycles. The molecule has 1 aromatic carbocycles. The zero-order chi connectivity index (χ0) is 15.2. The summed E-state index contributed by atoms with van der Waals surface area (Å²) in [5.74, 6) is 0. The molecule has 0 spiro atoms. The highest BCUT2D eigenvalue weighted by Crippen LogP contribution is 2.13. The number of benzene rings is 1. The lowest BCUT2D eigenvalue weighted by Gasteiger charge is -2.37. The van der Waals surface area contributed by atoms with E-state index in [0.717, 1.165) is 45.8 Å². The fourth-order valence-electron chi connectivity index (χ4n) is 2.82. The highest BCUT2D eigenvalue weighted by molar-refractivity contribution is 5.74. The molecule has 0 N–H and O–H groups in total. The highest BCUT2D eigenvalue weighted by atomic mass is 16.2. The number of hydrogen-bond donors (Lipinski definition) is 0. The van der Waals surface area contributed by atoms with E-state index in [1.165, 1.54) is 11.1 Å². The van der Waals surface area contributed by atoms with Gasteiger partial charge >= 0.3 is 6.03 Å². The maximum Gasteiger partial charge on any atom is 0.320 e. The molecule has 4 heteroatoms. The van der Waals surface area contributed by atoms with E-state index in [1.807, 2.05) is 23.6 Å². The molecule has 4 nitrogen and oxygen atoms in total. The average Bonchev–Trinajstić information content (AvgIpc) is 2.51. The van der Waals surface area contributed by atoms with E-state index in [-0.39, 0.29) is 6.03 Å². The molecular formula is C17H27N3O. The Morgan fingerprint density at radius 3 is 2.29 bits per heavy atom. The van der Waals surface area contributed by atoms with E-state index < -0.39 is 0 Å². The van der Waals surface area contributed by atoms with Gasteiger partial charge in [0.15, 0.2) is 0 Å². The summed E-state index contributed by atoms with van der Waals surface area (Å²) in [7, 11) is 0. The Balaban J connectivity index is 1.86. The second kappa shape index (κ2) is 7.46. The number of hydrogen-bond acceptors (Lipinski definition) is 2. The molecule has 1 aliphatic rings. The minimum atomic E-state index is 0.190. The number of nitrogens with zero attached hydrogens (tertiary/aromatic N) is 3. The Hall–Kier alpha value is -1.55. The largest absolute Gasteiger partial charge is 0.325 e. The average molecular weight is 289 g/mol. The third-order valence-corrected chi connectivity index (χ3v) is 4.33. The molecule has 0 unspecified atom stereocenters. The number of aryl methyl sites for hydroxylation is 1. The smallest absolute Gasteiger partial charge is 0.320 e. The zero-order valence-corrected chi connectivity index (χ0v) is 13.5. The van der Waals surface area contributed by atoms with Crippen LogP contribution in [0.5, 0.6) is 0 Å². The van der Waals surface area contributed by atoms with E-state index in [1.54, 1.807) is 0 Å². The number of rotatable bonds is 4. The van der Waals surface area contributed by atoms with Gasteiger partial charge in [0.05, 0.1) is 0 Å². The van der Waals surface area contributed by atoms with Crippen LogP contribution in [-0.2, 0) is 6.54 Å². The lowest BCUT2D eigenvalue weighted by Crippen LogP contribution is -2.52. The maximum absolute atomic E-state index is 12.3.